The maximum absolute atomic E-state index is 5.68. The van der Waals surface area contributed by atoms with Crippen molar-refractivity contribution in [2.24, 2.45) is 5.92 Å². The van der Waals surface area contributed by atoms with Crippen LogP contribution in [0.3, 0.4) is 0 Å². The monoisotopic (exact) mass is 283 g/mol. The number of aromatic nitrogens is 1. The molecule has 1 aromatic rings. The molecule has 0 spiro atoms. The third-order valence-electron chi connectivity index (χ3n) is 3.12. The van der Waals surface area contributed by atoms with Crippen molar-refractivity contribution in [2.75, 3.05) is 31.1 Å². The molecule has 5 heteroatoms. The molecule has 1 aromatic heterocycles. The first-order valence-corrected chi connectivity index (χ1v) is 8.05. The molecule has 0 amide bonds. The topological polar surface area (TPSA) is 37.4 Å². The Hall–Kier alpha value is -0.650. The quantitative estimate of drug-likeness (QED) is 0.901. The molecule has 2 rings (SSSR count). The summed E-state index contributed by atoms with van der Waals surface area (Å²) in [6.07, 6.45) is 1.39. The van der Waals surface area contributed by atoms with Crippen LogP contribution in [0.1, 0.15) is 32.9 Å². The van der Waals surface area contributed by atoms with Gasteiger partial charge in [0.15, 0.2) is 5.13 Å². The average molecular weight is 283 g/mol. The Labute approximate surface area is 120 Å². The van der Waals surface area contributed by atoms with Crippen LogP contribution in [0, 0.1) is 5.92 Å². The normalized spacial score (nSPS) is 20.8. The summed E-state index contributed by atoms with van der Waals surface area (Å²) in [6, 6.07) is 0. The predicted octanol–water partition coefficient (Wildman–Crippen LogP) is 2.50. The van der Waals surface area contributed by atoms with Crippen molar-refractivity contribution < 1.29 is 4.74 Å². The number of ether oxygens (including phenoxy) is 1. The van der Waals surface area contributed by atoms with Crippen molar-refractivity contribution in [3.63, 3.8) is 0 Å². The molecular weight excluding hydrogens is 258 g/mol. The van der Waals surface area contributed by atoms with E-state index in [2.05, 4.69) is 36.4 Å². The van der Waals surface area contributed by atoms with E-state index in [1.165, 1.54) is 0 Å². The minimum Gasteiger partial charge on any atom is -0.377 e. The summed E-state index contributed by atoms with van der Waals surface area (Å²) in [5.41, 5.74) is 1.15. The Kier molecular flexibility index (Phi) is 5.60. The summed E-state index contributed by atoms with van der Waals surface area (Å²) in [5, 5.41) is 6.74. The smallest absolute Gasteiger partial charge is 0.185 e. The van der Waals surface area contributed by atoms with Gasteiger partial charge in [-0.15, -0.1) is 11.3 Å². The van der Waals surface area contributed by atoms with Gasteiger partial charge in [0.2, 0.25) is 0 Å². The number of nitrogens with one attached hydrogen (secondary N) is 1. The highest BCUT2D eigenvalue weighted by molar-refractivity contribution is 7.13. The summed E-state index contributed by atoms with van der Waals surface area (Å²) in [6.45, 7) is 11.4. The first kappa shape index (κ1) is 14.8. The summed E-state index contributed by atoms with van der Waals surface area (Å²) in [5.74, 6) is 0.682. The van der Waals surface area contributed by atoms with Crippen molar-refractivity contribution in [3.8, 4) is 0 Å². The lowest BCUT2D eigenvalue weighted by Crippen LogP contribution is -2.30. The predicted molar refractivity (Wildman–Crippen MR) is 80.9 cm³/mol. The number of anilines is 1. The molecule has 0 saturated carbocycles. The summed E-state index contributed by atoms with van der Waals surface area (Å²) < 4.78 is 5.68. The molecule has 1 atom stereocenters. The van der Waals surface area contributed by atoms with Gasteiger partial charge in [-0.05, 0) is 25.8 Å². The van der Waals surface area contributed by atoms with Crippen LogP contribution < -0.4 is 10.2 Å². The minimum absolute atomic E-state index is 0.300. The summed E-state index contributed by atoms with van der Waals surface area (Å²) in [4.78, 5) is 7.09. The third kappa shape index (κ3) is 4.75. The van der Waals surface area contributed by atoms with Crippen molar-refractivity contribution in [3.05, 3.63) is 11.1 Å². The molecular formula is C14H25N3OS. The lowest BCUT2D eigenvalue weighted by Gasteiger charge is -2.20. The van der Waals surface area contributed by atoms with Crippen LogP contribution in [-0.4, -0.2) is 37.3 Å². The van der Waals surface area contributed by atoms with Crippen LogP contribution >= 0.6 is 11.3 Å². The molecule has 1 saturated heterocycles. The Morgan fingerprint density at radius 1 is 1.58 bits per heavy atom. The van der Waals surface area contributed by atoms with Gasteiger partial charge in [0.25, 0.3) is 0 Å². The highest BCUT2D eigenvalue weighted by atomic mass is 32.1. The molecule has 0 aliphatic carbocycles. The molecule has 0 radical (unpaired) electrons. The molecule has 108 valence electrons. The second kappa shape index (κ2) is 7.22. The zero-order chi connectivity index (χ0) is 13.7. The van der Waals surface area contributed by atoms with Gasteiger partial charge in [-0.25, -0.2) is 4.98 Å². The van der Waals surface area contributed by atoms with E-state index < -0.39 is 0 Å². The van der Waals surface area contributed by atoms with Crippen molar-refractivity contribution in [1.82, 2.24) is 10.3 Å². The van der Waals surface area contributed by atoms with Crippen LogP contribution in [0.15, 0.2) is 5.38 Å². The van der Waals surface area contributed by atoms with Crippen LogP contribution in [0.5, 0.6) is 0 Å². The Morgan fingerprint density at radius 3 is 3.21 bits per heavy atom. The van der Waals surface area contributed by atoms with Crippen molar-refractivity contribution in [2.45, 2.75) is 39.8 Å². The molecule has 1 unspecified atom stereocenters. The van der Waals surface area contributed by atoms with E-state index in [4.69, 9.17) is 9.72 Å². The van der Waals surface area contributed by atoms with Gasteiger partial charge in [-0.1, -0.05) is 13.8 Å². The van der Waals surface area contributed by atoms with Crippen molar-refractivity contribution in [1.29, 1.82) is 0 Å². The van der Waals surface area contributed by atoms with E-state index in [0.717, 1.165) is 50.0 Å². The molecule has 1 aliphatic rings. The van der Waals surface area contributed by atoms with Gasteiger partial charge >= 0.3 is 0 Å². The van der Waals surface area contributed by atoms with E-state index in [9.17, 15) is 0 Å². The molecule has 2 heterocycles. The van der Waals surface area contributed by atoms with Gasteiger partial charge < -0.3 is 15.0 Å². The van der Waals surface area contributed by atoms with Gasteiger partial charge in [-0.2, -0.15) is 0 Å². The molecule has 4 nitrogen and oxygen atoms in total. The highest BCUT2D eigenvalue weighted by Crippen LogP contribution is 2.22. The fourth-order valence-corrected chi connectivity index (χ4v) is 3.04. The Bertz CT molecular complexity index is 381. The van der Waals surface area contributed by atoms with Crippen molar-refractivity contribution >= 4 is 16.5 Å². The van der Waals surface area contributed by atoms with Gasteiger partial charge in [0.1, 0.15) is 0 Å². The first-order chi connectivity index (χ1) is 9.15. The second-order valence-corrected chi connectivity index (χ2v) is 6.46. The van der Waals surface area contributed by atoms with E-state index >= 15 is 0 Å². The first-order valence-electron chi connectivity index (χ1n) is 7.17. The number of thiazole rings is 1. The molecule has 0 bridgehead atoms. The zero-order valence-corrected chi connectivity index (χ0v) is 13.0. The second-order valence-electron chi connectivity index (χ2n) is 5.63. The van der Waals surface area contributed by atoms with Gasteiger partial charge in [0.05, 0.1) is 11.8 Å². The maximum atomic E-state index is 5.68. The number of rotatable bonds is 5. The van der Waals surface area contributed by atoms with Gasteiger partial charge in [0, 0.05) is 31.6 Å². The summed E-state index contributed by atoms with van der Waals surface area (Å²) in [7, 11) is 0. The zero-order valence-electron chi connectivity index (χ0n) is 12.2. The Balaban J connectivity index is 1.88. The lowest BCUT2D eigenvalue weighted by atomic mass is 10.2. The van der Waals surface area contributed by atoms with Crippen LogP contribution in [-0.2, 0) is 11.3 Å². The van der Waals surface area contributed by atoms with Crippen LogP contribution in [0.2, 0.25) is 0 Å². The number of hydrogen-bond acceptors (Lipinski definition) is 5. The molecule has 1 fully saturated rings. The van der Waals surface area contributed by atoms with E-state index in [-0.39, 0.29) is 0 Å². The standard InChI is InChI=1S/C14H25N3OS/c1-11(2)7-15-8-13-10-19-14(16-13)17-5-4-6-18-12(3)9-17/h10-12,15H,4-9H2,1-3H3. The van der Waals surface area contributed by atoms with E-state index in [1.807, 2.05) is 0 Å². The third-order valence-corrected chi connectivity index (χ3v) is 4.07. The molecule has 1 N–H and O–H groups in total. The Morgan fingerprint density at radius 2 is 2.42 bits per heavy atom. The summed E-state index contributed by atoms with van der Waals surface area (Å²) >= 11 is 1.75. The lowest BCUT2D eigenvalue weighted by molar-refractivity contribution is 0.0821. The van der Waals surface area contributed by atoms with Crippen LogP contribution in [0.25, 0.3) is 0 Å². The van der Waals surface area contributed by atoms with E-state index in [0.29, 0.717) is 12.0 Å². The highest BCUT2D eigenvalue weighted by Gasteiger charge is 2.17. The molecule has 19 heavy (non-hydrogen) atoms. The maximum Gasteiger partial charge on any atom is 0.185 e. The minimum atomic E-state index is 0.300. The van der Waals surface area contributed by atoms with Gasteiger partial charge in [-0.3, -0.25) is 0 Å². The van der Waals surface area contributed by atoms with E-state index in [1.54, 1.807) is 11.3 Å². The average Bonchev–Trinajstić information content (AvgIpc) is 2.71. The largest absolute Gasteiger partial charge is 0.377 e. The van der Waals surface area contributed by atoms with Crippen LogP contribution in [0.4, 0.5) is 5.13 Å². The fraction of sp³-hybridized carbons (Fsp3) is 0.786. The molecule has 1 aliphatic heterocycles. The number of nitrogens with zero attached hydrogens (tertiary/aromatic N) is 2. The SMILES string of the molecule is CC(C)CNCc1csc(N2CCCOC(C)C2)n1. The number of hydrogen-bond donors (Lipinski definition) is 1. The molecule has 0 aromatic carbocycles. The fourth-order valence-electron chi connectivity index (χ4n) is 2.18.